The van der Waals surface area contributed by atoms with Crippen LogP contribution in [0, 0.1) is 16.0 Å². The summed E-state index contributed by atoms with van der Waals surface area (Å²) in [5, 5.41) is 11.0. The Hall–Kier alpha value is -1.51. The van der Waals surface area contributed by atoms with Crippen LogP contribution in [-0.2, 0) is 15.8 Å². The lowest BCUT2D eigenvalue weighted by molar-refractivity contribution is -0.385. The molecule has 1 aliphatic rings. The molecule has 1 heterocycles. The molecule has 0 aromatic heterocycles. The highest BCUT2D eigenvalue weighted by Gasteiger charge is 2.30. The number of hydrogen-bond donors (Lipinski definition) is 1. The Morgan fingerprint density at radius 1 is 1.38 bits per heavy atom. The number of nitro groups is 1. The van der Waals surface area contributed by atoms with Crippen LogP contribution in [0.4, 0.5) is 5.69 Å². The summed E-state index contributed by atoms with van der Waals surface area (Å²) in [5.41, 5.74) is 5.68. The first kappa shape index (κ1) is 15.9. The van der Waals surface area contributed by atoms with E-state index in [2.05, 4.69) is 0 Å². The van der Waals surface area contributed by atoms with Crippen molar-refractivity contribution < 1.29 is 13.3 Å². The lowest BCUT2D eigenvalue weighted by Crippen LogP contribution is -2.42. The van der Waals surface area contributed by atoms with Gasteiger partial charge in [0.25, 0.3) is 5.69 Å². The normalized spacial score (nSPS) is 20.3. The maximum absolute atomic E-state index is 12.5. The van der Waals surface area contributed by atoms with Gasteiger partial charge >= 0.3 is 0 Å². The van der Waals surface area contributed by atoms with E-state index in [1.54, 1.807) is 6.07 Å². The largest absolute Gasteiger partial charge is 0.330 e. The molecule has 8 heteroatoms. The van der Waals surface area contributed by atoms with Crippen molar-refractivity contribution in [3.05, 3.63) is 39.9 Å². The zero-order chi connectivity index (χ0) is 15.5. The van der Waals surface area contributed by atoms with E-state index >= 15 is 0 Å². The van der Waals surface area contributed by atoms with Crippen molar-refractivity contribution in [3.8, 4) is 0 Å². The topological polar surface area (TPSA) is 107 Å². The molecule has 0 spiro atoms. The SMILES string of the molecule is NCC1CCCN(S(=O)(=O)Cc2ccccc2[N+](=O)[O-])C1. The molecule has 0 radical (unpaired) electrons. The zero-order valence-electron chi connectivity index (χ0n) is 11.6. The van der Waals surface area contributed by atoms with Crippen molar-refractivity contribution >= 4 is 15.7 Å². The molecular formula is C13H19N3O4S. The standard InChI is InChI=1S/C13H19N3O4S/c14-8-11-4-3-7-15(9-11)21(19,20)10-12-5-1-2-6-13(12)16(17)18/h1-2,5-6,11H,3-4,7-10,14H2. The lowest BCUT2D eigenvalue weighted by Gasteiger charge is -2.31. The summed E-state index contributed by atoms with van der Waals surface area (Å²) in [7, 11) is -3.56. The van der Waals surface area contributed by atoms with Gasteiger partial charge in [-0.05, 0) is 25.3 Å². The van der Waals surface area contributed by atoms with E-state index in [-0.39, 0.29) is 22.9 Å². The first-order valence-electron chi connectivity index (χ1n) is 6.84. The Morgan fingerprint density at radius 2 is 2.10 bits per heavy atom. The Labute approximate surface area is 123 Å². The fraction of sp³-hybridized carbons (Fsp3) is 0.538. The number of rotatable bonds is 5. The Balaban J connectivity index is 2.20. The summed E-state index contributed by atoms with van der Waals surface area (Å²) in [6.45, 7) is 1.32. The first-order chi connectivity index (χ1) is 9.94. The van der Waals surface area contributed by atoms with E-state index in [0.29, 0.717) is 19.6 Å². The van der Waals surface area contributed by atoms with Crippen molar-refractivity contribution in [2.75, 3.05) is 19.6 Å². The van der Waals surface area contributed by atoms with Gasteiger partial charge in [0.05, 0.1) is 10.7 Å². The van der Waals surface area contributed by atoms with Gasteiger partial charge in [0.1, 0.15) is 0 Å². The van der Waals surface area contributed by atoms with E-state index in [1.165, 1.54) is 22.5 Å². The Morgan fingerprint density at radius 3 is 2.76 bits per heavy atom. The van der Waals surface area contributed by atoms with Gasteiger partial charge in [0.15, 0.2) is 0 Å². The van der Waals surface area contributed by atoms with Gasteiger partial charge in [-0.3, -0.25) is 10.1 Å². The molecule has 0 bridgehead atoms. The lowest BCUT2D eigenvalue weighted by atomic mass is 10.0. The van der Waals surface area contributed by atoms with E-state index < -0.39 is 14.9 Å². The summed E-state index contributed by atoms with van der Waals surface area (Å²) < 4.78 is 26.3. The molecule has 116 valence electrons. The van der Waals surface area contributed by atoms with Crippen molar-refractivity contribution in [3.63, 3.8) is 0 Å². The maximum atomic E-state index is 12.5. The second-order valence-corrected chi connectivity index (χ2v) is 7.21. The van der Waals surface area contributed by atoms with Crippen molar-refractivity contribution in [1.82, 2.24) is 4.31 Å². The molecule has 1 aromatic rings. The molecule has 0 amide bonds. The summed E-state index contributed by atoms with van der Waals surface area (Å²) in [4.78, 5) is 10.4. The number of hydrogen-bond acceptors (Lipinski definition) is 5. The first-order valence-corrected chi connectivity index (χ1v) is 8.45. The molecule has 1 atom stereocenters. The molecule has 1 saturated heterocycles. The number of nitrogens with two attached hydrogens (primary N) is 1. The van der Waals surface area contributed by atoms with E-state index in [9.17, 15) is 18.5 Å². The van der Waals surface area contributed by atoms with Gasteiger partial charge < -0.3 is 5.73 Å². The van der Waals surface area contributed by atoms with Crippen molar-refractivity contribution in [2.45, 2.75) is 18.6 Å². The molecular weight excluding hydrogens is 294 g/mol. The van der Waals surface area contributed by atoms with Crippen LogP contribution < -0.4 is 5.73 Å². The van der Waals surface area contributed by atoms with Crippen LogP contribution >= 0.6 is 0 Å². The third kappa shape index (κ3) is 3.78. The van der Waals surface area contributed by atoms with Gasteiger partial charge in [-0.2, -0.15) is 0 Å². The minimum absolute atomic E-state index is 0.159. The average Bonchev–Trinajstić information content (AvgIpc) is 2.47. The van der Waals surface area contributed by atoms with Gasteiger partial charge in [0, 0.05) is 24.7 Å². The Kier molecular flexibility index (Phi) is 4.92. The molecule has 2 rings (SSSR count). The van der Waals surface area contributed by atoms with Crippen LogP contribution in [0.1, 0.15) is 18.4 Å². The molecule has 1 unspecified atom stereocenters. The monoisotopic (exact) mass is 313 g/mol. The van der Waals surface area contributed by atoms with Gasteiger partial charge in [-0.15, -0.1) is 0 Å². The molecule has 1 fully saturated rings. The smallest absolute Gasteiger partial charge is 0.273 e. The number of benzene rings is 1. The molecule has 0 aliphatic carbocycles. The second-order valence-electron chi connectivity index (χ2n) is 5.24. The third-order valence-corrected chi connectivity index (χ3v) is 5.53. The molecule has 2 N–H and O–H groups in total. The summed E-state index contributed by atoms with van der Waals surface area (Å²) in [5.74, 6) is -0.180. The predicted octanol–water partition coefficient (Wildman–Crippen LogP) is 1.10. The zero-order valence-corrected chi connectivity index (χ0v) is 12.5. The highest BCUT2D eigenvalue weighted by molar-refractivity contribution is 7.88. The molecule has 21 heavy (non-hydrogen) atoms. The van der Waals surface area contributed by atoms with Crippen LogP contribution in [0.25, 0.3) is 0 Å². The number of piperidine rings is 1. The van der Waals surface area contributed by atoms with Gasteiger partial charge in [-0.25, -0.2) is 12.7 Å². The number of nitro benzene ring substituents is 1. The summed E-state index contributed by atoms with van der Waals surface area (Å²) in [6, 6.07) is 5.94. The van der Waals surface area contributed by atoms with Crippen molar-refractivity contribution in [1.29, 1.82) is 0 Å². The van der Waals surface area contributed by atoms with Crippen LogP contribution in [0.3, 0.4) is 0 Å². The third-order valence-electron chi connectivity index (χ3n) is 3.73. The quantitative estimate of drug-likeness (QED) is 0.647. The maximum Gasteiger partial charge on any atom is 0.273 e. The molecule has 1 aliphatic heterocycles. The van der Waals surface area contributed by atoms with E-state index in [4.69, 9.17) is 5.73 Å². The number of sulfonamides is 1. The van der Waals surface area contributed by atoms with Crippen molar-refractivity contribution in [2.24, 2.45) is 11.7 Å². The van der Waals surface area contributed by atoms with Crippen LogP contribution in [0.2, 0.25) is 0 Å². The molecule has 7 nitrogen and oxygen atoms in total. The minimum Gasteiger partial charge on any atom is -0.330 e. The number of para-hydroxylation sites is 1. The van der Waals surface area contributed by atoms with Crippen LogP contribution in [0.15, 0.2) is 24.3 Å². The second kappa shape index (κ2) is 6.50. The summed E-state index contributed by atoms with van der Waals surface area (Å²) >= 11 is 0. The van der Waals surface area contributed by atoms with E-state index in [1.807, 2.05) is 0 Å². The highest BCUT2D eigenvalue weighted by Crippen LogP contribution is 2.24. The molecule has 0 saturated carbocycles. The van der Waals surface area contributed by atoms with E-state index in [0.717, 1.165) is 12.8 Å². The average molecular weight is 313 g/mol. The van der Waals surface area contributed by atoms with Gasteiger partial charge in [0.2, 0.25) is 10.0 Å². The Bertz CT molecular complexity index is 618. The fourth-order valence-electron chi connectivity index (χ4n) is 2.57. The predicted molar refractivity (Wildman–Crippen MR) is 79.1 cm³/mol. The molecule has 1 aromatic carbocycles. The number of nitrogens with zero attached hydrogens (tertiary/aromatic N) is 2. The highest BCUT2D eigenvalue weighted by atomic mass is 32.2. The fourth-order valence-corrected chi connectivity index (χ4v) is 4.24. The van der Waals surface area contributed by atoms with Crippen LogP contribution in [-0.4, -0.2) is 37.3 Å². The van der Waals surface area contributed by atoms with Crippen LogP contribution in [0.5, 0.6) is 0 Å². The van der Waals surface area contributed by atoms with Gasteiger partial charge in [-0.1, -0.05) is 18.2 Å². The minimum atomic E-state index is -3.56. The summed E-state index contributed by atoms with van der Waals surface area (Å²) in [6.07, 6.45) is 1.70.